The molecule has 7 heteroatoms. The normalized spacial score (nSPS) is 14.4. The summed E-state index contributed by atoms with van der Waals surface area (Å²) in [5, 5.41) is 3.71. The van der Waals surface area contributed by atoms with E-state index in [-0.39, 0.29) is 23.6 Å². The van der Waals surface area contributed by atoms with Crippen LogP contribution in [0.25, 0.3) is 0 Å². The molecule has 0 aromatic carbocycles. The molecule has 7 nitrogen and oxygen atoms in total. The largest absolute Gasteiger partial charge is 0.343 e. The average Bonchev–Trinajstić information content (AvgIpc) is 3.00. The van der Waals surface area contributed by atoms with Crippen LogP contribution in [0.1, 0.15) is 30.6 Å². The van der Waals surface area contributed by atoms with Crippen molar-refractivity contribution in [2.75, 3.05) is 19.7 Å². The Morgan fingerprint density at radius 1 is 1.41 bits per heavy atom. The quantitative estimate of drug-likeness (QED) is 0.854. The van der Waals surface area contributed by atoms with E-state index in [0.29, 0.717) is 25.6 Å². The standard InChI is InChI=1S/C15H21N3O4/c1-11(2)10-17-6-3-5-12(15(17)21)14(20)16-9-13(19)18-7-4-8-22-18/h3,5-6,11H,4,7-10H2,1-2H3,(H,16,20). The summed E-state index contributed by atoms with van der Waals surface area (Å²) in [4.78, 5) is 41.2. The second kappa shape index (κ2) is 7.22. The monoisotopic (exact) mass is 307 g/mol. The Kier molecular flexibility index (Phi) is 5.32. The molecule has 0 unspecified atom stereocenters. The Labute approximate surface area is 128 Å². The van der Waals surface area contributed by atoms with Crippen molar-refractivity contribution in [2.24, 2.45) is 5.92 Å². The van der Waals surface area contributed by atoms with Crippen molar-refractivity contribution >= 4 is 11.8 Å². The summed E-state index contributed by atoms with van der Waals surface area (Å²) in [6.45, 7) is 5.39. The first-order valence-corrected chi connectivity index (χ1v) is 7.40. The van der Waals surface area contributed by atoms with Crippen molar-refractivity contribution < 1.29 is 14.4 Å². The predicted octanol–water partition coefficient (Wildman–Crippen LogP) is 0.398. The Balaban J connectivity index is 2.00. The lowest BCUT2D eigenvalue weighted by molar-refractivity contribution is -0.167. The van der Waals surface area contributed by atoms with Gasteiger partial charge in [0.25, 0.3) is 17.4 Å². The summed E-state index contributed by atoms with van der Waals surface area (Å²) in [7, 11) is 0. The lowest BCUT2D eigenvalue weighted by atomic mass is 10.2. The molecule has 0 bridgehead atoms. The van der Waals surface area contributed by atoms with Crippen LogP contribution in [0.4, 0.5) is 0 Å². The number of rotatable bonds is 5. The summed E-state index contributed by atoms with van der Waals surface area (Å²) >= 11 is 0. The molecule has 1 aliphatic heterocycles. The van der Waals surface area contributed by atoms with Crippen molar-refractivity contribution in [3.63, 3.8) is 0 Å². The molecule has 0 radical (unpaired) electrons. The number of amides is 2. The zero-order valence-corrected chi connectivity index (χ0v) is 12.9. The highest BCUT2D eigenvalue weighted by molar-refractivity contribution is 5.96. The highest BCUT2D eigenvalue weighted by Crippen LogP contribution is 2.04. The van der Waals surface area contributed by atoms with Crippen molar-refractivity contribution in [3.8, 4) is 0 Å². The summed E-state index contributed by atoms with van der Waals surface area (Å²) in [6.07, 6.45) is 2.45. The molecule has 0 spiro atoms. The maximum Gasteiger partial charge on any atom is 0.265 e. The maximum absolute atomic E-state index is 12.2. The van der Waals surface area contributed by atoms with E-state index >= 15 is 0 Å². The van der Waals surface area contributed by atoms with Gasteiger partial charge in [-0.05, 0) is 24.5 Å². The minimum Gasteiger partial charge on any atom is -0.343 e. The van der Waals surface area contributed by atoms with E-state index in [1.54, 1.807) is 12.3 Å². The van der Waals surface area contributed by atoms with Crippen LogP contribution in [0.5, 0.6) is 0 Å². The van der Waals surface area contributed by atoms with Gasteiger partial charge in [-0.2, -0.15) is 0 Å². The molecule has 0 aliphatic carbocycles. The highest BCUT2D eigenvalue weighted by atomic mass is 16.7. The van der Waals surface area contributed by atoms with Crippen LogP contribution in [0.2, 0.25) is 0 Å². The van der Waals surface area contributed by atoms with Crippen LogP contribution in [0, 0.1) is 5.92 Å². The zero-order valence-electron chi connectivity index (χ0n) is 12.9. The average molecular weight is 307 g/mol. The zero-order chi connectivity index (χ0) is 16.1. The Morgan fingerprint density at radius 2 is 2.18 bits per heavy atom. The van der Waals surface area contributed by atoms with Crippen LogP contribution in [-0.2, 0) is 16.2 Å². The minimum atomic E-state index is -0.546. The van der Waals surface area contributed by atoms with Gasteiger partial charge in [0.05, 0.1) is 19.7 Å². The van der Waals surface area contributed by atoms with E-state index in [9.17, 15) is 14.4 Å². The van der Waals surface area contributed by atoms with Crippen molar-refractivity contribution in [1.29, 1.82) is 0 Å². The van der Waals surface area contributed by atoms with Gasteiger partial charge < -0.3 is 9.88 Å². The molecule has 120 valence electrons. The Morgan fingerprint density at radius 3 is 2.82 bits per heavy atom. The Hall–Kier alpha value is -2.15. The SMILES string of the molecule is CC(C)Cn1cccc(C(=O)NCC(=O)N2CCCO2)c1=O. The fraction of sp³-hybridized carbons (Fsp3) is 0.533. The number of aromatic nitrogens is 1. The predicted molar refractivity (Wildman–Crippen MR) is 80.2 cm³/mol. The number of hydrogen-bond donors (Lipinski definition) is 1. The van der Waals surface area contributed by atoms with Crippen molar-refractivity contribution in [2.45, 2.75) is 26.8 Å². The molecule has 1 saturated heterocycles. The molecule has 2 rings (SSSR count). The van der Waals surface area contributed by atoms with Crippen LogP contribution >= 0.6 is 0 Å². The molecule has 2 amide bonds. The molecule has 0 atom stereocenters. The number of nitrogens with zero attached hydrogens (tertiary/aromatic N) is 2. The van der Waals surface area contributed by atoms with E-state index in [4.69, 9.17) is 4.84 Å². The maximum atomic E-state index is 12.2. The third kappa shape index (κ3) is 3.94. The van der Waals surface area contributed by atoms with Gasteiger partial charge >= 0.3 is 0 Å². The van der Waals surface area contributed by atoms with Crippen LogP contribution < -0.4 is 10.9 Å². The molecule has 22 heavy (non-hydrogen) atoms. The van der Waals surface area contributed by atoms with Gasteiger partial charge in [-0.25, -0.2) is 5.06 Å². The summed E-state index contributed by atoms with van der Waals surface area (Å²) in [6, 6.07) is 3.12. The number of carbonyl (C=O) groups is 2. The fourth-order valence-electron chi connectivity index (χ4n) is 2.23. The Bertz CT molecular complexity index is 603. The van der Waals surface area contributed by atoms with E-state index in [2.05, 4.69) is 5.32 Å². The van der Waals surface area contributed by atoms with Gasteiger partial charge in [-0.1, -0.05) is 13.8 Å². The van der Waals surface area contributed by atoms with E-state index in [1.807, 2.05) is 13.8 Å². The smallest absolute Gasteiger partial charge is 0.265 e. The number of hydroxylamine groups is 2. The van der Waals surface area contributed by atoms with Crippen LogP contribution in [0.15, 0.2) is 23.1 Å². The summed E-state index contributed by atoms with van der Waals surface area (Å²) in [5.41, 5.74) is -0.308. The first-order valence-electron chi connectivity index (χ1n) is 7.40. The van der Waals surface area contributed by atoms with E-state index < -0.39 is 5.91 Å². The second-order valence-electron chi connectivity index (χ2n) is 5.64. The molecule has 1 N–H and O–H groups in total. The number of nitrogens with one attached hydrogen (secondary N) is 1. The van der Waals surface area contributed by atoms with Gasteiger partial charge in [0.1, 0.15) is 5.56 Å². The van der Waals surface area contributed by atoms with Crippen molar-refractivity contribution in [1.82, 2.24) is 14.9 Å². The lowest BCUT2D eigenvalue weighted by Gasteiger charge is -2.14. The van der Waals surface area contributed by atoms with Gasteiger partial charge in [0, 0.05) is 12.7 Å². The lowest BCUT2D eigenvalue weighted by Crippen LogP contribution is -2.40. The van der Waals surface area contributed by atoms with Gasteiger partial charge in [0.15, 0.2) is 0 Å². The first kappa shape index (κ1) is 16.2. The second-order valence-corrected chi connectivity index (χ2v) is 5.64. The highest BCUT2D eigenvalue weighted by Gasteiger charge is 2.20. The summed E-state index contributed by atoms with van der Waals surface area (Å²) < 4.78 is 1.50. The molecule has 2 heterocycles. The van der Waals surface area contributed by atoms with E-state index in [1.165, 1.54) is 15.7 Å². The van der Waals surface area contributed by atoms with E-state index in [0.717, 1.165) is 6.42 Å². The topological polar surface area (TPSA) is 80.6 Å². The number of pyridine rings is 1. The molecule has 1 aromatic rings. The number of carbonyl (C=O) groups excluding carboxylic acids is 2. The van der Waals surface area contributed by atoms with Gasteiger partial charge in [-0.15, -0.1) is 0 Å². The molecular weight excluding hydrogens is 286 g/mol. The van der Waals surface area contributed by atoms with Crippen LogP contribution in [-0.4, -0.2) is 41.1 Å². The molecule has 1 fully saturated rings. The van der Waals surface area contributed by atoms with Gasteiger partial charge in [-0.3, -0.25) is 19.2 Å². The molecule has 1 aliphatic rings. The molecule has 1 aromatic heterocycles. The summed E-state index contributed by atoms with van der Waals surface area (Å²) in [5.74, 6) is -0.565. The number of hydrogen-bond acceptors (Lipinski definition) is 4. The van der Waals surface area contributed by atoms with Crippen molar-refractivity contribution in [3.05, 3.63) is 34.2 Å². The van der Waals surface area contributed by atoms with Crippen LogP contribution in [0.3, 0.4) is 0 Å². The third-order valence-electron chi connectivity index (χ3n) is 3.26. The first-order chi connectivity index (χ1) is 10.5. The fourth-order valence-corrected chi connectivity index (χ4v) is 2.23. The molecule has 0 saturated carbocycles. The minimum absolute atomic E-state index is 0.0401. The molecular formula is C15H21N3O4. The van der Waals surface area contributed by atoms with Gasteiger partial charge in [0.2, 0.25) is 0 Å². The third-order valence-corrected chi connectivity index (χ3v) is 3.26.